The molecule has 12 unspecified atom stereocenters. The number of aliphatic hydroxyl groups is 8. The fourth-order valence-corrected chi connectivity index (χ4v) is 9.00. The standard InChI is InChI=1S/C58H103NO13/c1-3-5-7-9-11-13-15-17-18-19-20-21-22-23-24-25-26-27-28-30-32-34-36-38-40-42-50(63)59-46(47(62)41-39-37-35-33-31-29-16-14-12-10-8-6-4-2)45-69-57-55(68)53(66)56(49(44-61)71-57)72-58-54(67)52(65)51(64)48(43-60)70-58/h12,14-15,17,19-20,31,33,39,41,46-49,51-58,60-62,64-68H,3-11,13,16,18,21-30,32,34-38,40,42-45H2,1-2H3,(H,59,63)/b14-12+,17-15-,20-19-,33-31+,41-39+. The Balaban J connectivity index is 1.75. The lowest BCUT2D eigenvalue weighted by Gasteiger charge is -2.46. The van der Waals surface area contributed by atoms with Gasteiger partial charge in [0.25, 0.3) is 0 Å². The maximum atomic E-state index is 13.2. The topological polar surface area (TPSA) is 228 Å². The van der Waals surface area contributed by atoms with Crippen molar-refractivity contribution < 1.29 is 64.6 Å². The van der Waals surface area contributed by atoms with E-state index in [9.17, 15) is 45.6 Å². The zero-order valence-corrected chi connectivity index (χ0v) is 44.7. The summed E-state index contributed by atoms with van der Waals surface area (Å²) in [5.74, 6) is -0.257. The second kappa shape index (κ2) is 43.9. The molecule has 72 heavy (non-hydrogen) atoms. The summed E-state index contributed by atoms with van der Waals surface area (Å²) in [6.07, 6.45) is 38.4. The van der Waals surface area contributed by atoms with Crippen LogP contribution in [0.3, 0.4) is 0 Å². The van der Waals surface area contributed by atoms with E-state index < -0.39 is 86.8 Å². The van der Waals surface area contributed by atoms with Crippen LogP contribution in [0.2, 0.25) is 0 Å². The van der Waals surface area contributed by atoms with Crippen LogP contribution in [0.4, 0.5) is 0 Å². The summed E-state index contributed by atoms with van der Waals surface area (Å²) >= 11 is 0. The minimum Gasteiger partial charge on any atom is -0.394 e. The largest absolute Gasteiger partial charge is 0.394 e. The van der Waals surface area contributed by atoms with Crippen LogP contribution >= 0.6 is 0 Å². The molecular formula is C58H103NO13. The summed E-state index contributed by atoms with van der Waals surface area (Å²) in [5.41, 5.74) is 0. The Labute approximate surface area is 435 Å². The molecule has 2 saturated heterocycles. The van der Waals surface area contributed by atoms with Gasteiger partial charge in [-0.25, -0.2) is 0 Å². The van der Waals surface area contributed by atoms with Gasteiger partial charge in [0, 0.05) is 6.42 Å². The fraction of sp³-hybridized carbons (Fsp3) is 0.810. The lowest BCUT2D eigenvalue weighted by atomic mass is 9.97. The van der Waals surface area contributed by atoms with Gasteiger partial charge < -0.3 is 65.1 Å². The number of allylic oxidation sites excluding steroid dienone is 9. The van der Waals surface area contributed by atoms with Crippen molar-refractivity contribution in [2.75, 3.05) is 19.8 Å². The van der Waals surface area contributed by atoms with Gasteiger partial charge in [0.15, 0.2) is 12.6 Å². The first-order valence-corrected chi connectivity index (χ1v) is 28.5. The zero-order chi connectivity index (χ0) is 52.4. The number of ether oxygens (including phenoxy) is 4. The Hall–Kier alpha value is -2.31. The predicted octanol–water partition coefficient (Wildman–Crippen LogP) is 9.00. The van der Waals surface area contributed by atoms with Crippen molar-refractivity contribution in [2.45, 2.75) is 280 Å². The number of nitrogens with one attached hydrogen (secondary N) is 1. The Morgan fingerprint density at radius 1 is 0.500 bits per heavy atom. The van der Waals surface area contributed by atoms with E-state index in [1.54, 1.807) is 6.08 Å². The van der Waals surface area contributed by atoms with Crippen molar-refractivity contribution in [3.8, 4) is 0 Å². The normalized spacial score (nSPS) is 26.0. The lowest BCUT2D eigenvalue weighted by molar-refractivity contribution is -0.359. The maximum Gasteiger partial charge on any atom is 0.220 e. The van der Waals surface area contributed by atoms with Crippen molar-refractivity contribution in [2.24, 2.45) is 0 Å². The Bertz CT molecular complexity index is 1440. The monoisotopic (exact) mass is 1020 g/mol. The molecule has 0 aromatic rings. The third-order valence-corrected chi connectivity index (χ3v) is 13.7. The van der Waals surface area contributed by atoms with E-state index in [0.29, 0.717) is 12.8 Å². The quantitative estimate of drug-likeness (QED) is 0.0205. The van der Waals surface area contributed by atoms with Crippen LogP contribution < -0.4 is 5.32 Å². The second-order valence-electron chi connectivity index (χ2n) is 20.0. The molecular weight excluding hydrogens is 919 g/mol. The van der Waals surface area contributed by atoms with Crippen LogP contribution in [0.25, 0.3) is 0 Å². The first kappa shape index (κ1) is 65.8. The average Bonchev–Trinajstić information content (AvgIpc) is 3.38. The minimum absolute atomic E-state index is 0.257. The molecule has 2 aliphatic heterocycles. The molecule has 418 valence electrons. The summed E-state index contributed by atoms with van der Waals surface area (Å²) in [4.78, 5) is 13.2. The van der Waals surface area contributed by atoms with Crippen LogP contribution in [0.1, 0.15) is 206 Å². The number of amides is 1. The number of unbranched alkanes of at least 4 members (excludes halogenated alkanes) is 23. The predicted molar refractivity (Wildman–Crippen MR) is 286 cm³/mol. The van der Waals surface area contributed by atoms with Crippen molar-refractivity contribution in [3.05, 3.63) is 60.8 Å². The number of hydrogen-bond donors (Lipinski definition) is 9. The molecule has 12 atom stereocenters. The van der Waals surface area contributed by atoms with E-state index in [2.05, 4.69) is 67.8 Å². The van der Waals surface area contributed by atoms with Crippen molar-refractivity contribution in [1.82, 2.24) is 5.32 Å². The number of rotatable bonds is 44. The van der Waals surface area contributed by atoms with Crippen molar-refractivity contribution in [3.63, 3.8) is 0 Å². The molecule has 9 N–H and O–H groups in total. The third-order valence-electron chi connectivity index (χ3n) is 13.7. The first-order valence-electron chi connectivity index (χ1n) is 28.5. The number of carbonyl (C=O) groups is 1. The molecule has 0 saturated carbocycles. The molecule has 2 rings (SSSR count). The highest BCUT2D eigenvalue weighted by atomic mass is 16.7. The molecule has 14 nitrogen and oxygen atoms in total. The third kappa shape index (κ3) is 29.7. The summed E-state index contributed by atoms with van der Waals surface area (Å²) in [6, 6.07) is -0.939. The van der Waals surface area contributed by atoms with Crippen LogP contribution in [-0.4, -0.2) is 140 Å². The highest BCUT2D eigenvalue weighted by Gasteiger charge is 2.51. The van der Waals surface area contributed by atoms with Gasteiger partial charge in [-0.05, 0) is 77.0 Å². The minimum atomic E-state index is -1.79. The lowest BCUT2D eigenvalue weighted by Crippen LogP contribution is -2.65. The van der Waals surface area contributed by atoms with E-state index in [1.165, 1.54) is 122 Å². The summed E-state index contributed by atoms with van der Waals surface area (Å²) in [5, 5.41) is 86.9. The van der Waals surface area contributed by atoms with Crippen LogP contribution in [-0.2, 0) is 23.7 Å². The SMILES string of the molecule is CCCCC/C=C/CC/C=C/CC/C=C/C(O)C(COC1OC(CO)C(OC2OC(CO)C(O)C(O)C2O)C(O)C1O)NC(=O)CCCCCCCCCCCCCCC/C=C\C/C=C\CCCCCCC. The molecule has 1 amide bonds. The zero-order valence-electron chi connectivity index (χ0n) is 44.7. The molecule has 0 aliphatic carbocycles. The number of hydrogen-bond acceptors (Lipinski definition) is 13. The van der Waals surface area contributed by atoms with Crippen LogP contribution in [0.15, 0.2) is 60.8 Å². The van der Waals surface area contributed by atoms with Crippen LogP contribution in [0, 0.1) is 0 Å². The van der Waals surface area contributed by atoms with E-state index in [1.807, 2.05) is 6.08 Å². The summed E-state index contributed by atoms with van der Waals surface area (Å²) < 4.78 is 22.7. The van der Waals surface area contributed by atoms with Crippen molar-refractivity contribution >= 4 is 5.91 Å². The van der Waals surface area contributed by atoms with Gasteiger partial charge >= 0.3 is 0 Å². The van der Waals surface area contributed by atoms with Gasteiger partial charge in [0.05, 0.1) is 32.0 Å². The van der Waals surface area contributed by atoms with Crippen LogP contribution in [0.5, 0.6) is 0 Å². The Morgan fingerprint density at radius 3 is 1.47 bits per heavy atom. The molecule has 2 fully saturated rings. The second-order valence-corrected chi connectivity index (χ2v) is 20.0. The molecule has 0 aromatic carbocycles. The summed E-state index contributed by atoms with van der Waals surface area (Å²) in [7, 11) is 0. The molecule has 2 heterocycles. The van der Waals surface area contributed by atoms with Gasteiger partial charge in [-0.1, -0.05) is 184 Å². The molecule has 0 bridgehead atoms. The maximum absolute atomic E-state index is 13.2. The van der Waals surface area contributed by atoms with Gasteiger partial charge in [-0.15, -0.1) is 0 Å². The Kier molecular flexibility index (Phi) is 40.1. The highest BCUT2D eigenvalue weighted by molar-refractivity contribution is 5.76. The highest BCUT2D eigenvalue weighted by Crippen LogP contribution is 2.30. The van der Waals surface area contributed by atoms with E-state index >= 15 is 0 Å². The van der Waals surface area contributed by atoms with Crippen molar-refractivity contribution in [1.29, 1.82) is 0 Å². The molecule has 14 heteroatoms. The number of carbonyl (C=O) groups excluding carboxylic acids is 1. The van der Waals surface area contributed by atoms with Gasteiger partial charge in [0.2, 0.25) is 5.91 Å². The van der Waals surface area contributed by atoms with Gasteiger partial charge in [0.1, 0.15) is 48.8 Å². The average molecular weight is 1020 g/mol. The number of aliphatic hydroxyl groups excluding tert-OH is 8. The van der Waals surface area contributed by atoms with E-state index in [-0.39, 0.29) is 18.9 Å². The molecule has 0 aromatic heterocycles. The smallest absolute Gasteiger partial charge is 0.220 e. The van der Waals surface area contributed by atoms with E-state index in [4.69, 9.17) is 18.9 Å². The Morgan fingerprint density at radius 2 is 0.931 bits per heavy atom. The van der Waals surface area contributed by atoms with Gasteiger partial charge in [-0.3, -0.25) is 4.79 Å². The molecule has 0 spiro atoms. The van der Waals surface area contributed by atoms with Gasteiger partial charge in [-0.2, -0.15) is 0 Å². The fourth-order valence-electron chi connectivity index (χ4n) is 9.00. The molecule has 0 radical (unpaired) electrons. The summed E-state index contributed by atoms with van der Waals surface area (Å²) in [6.45, 7) is 2.72. The molecule has 2 aliphatic rings. The van der Waals surface area contributed by atoms with E-state index in [0.717, 1.165) is 51.4 Å². The first-order chi connectivity index (χ1) is 35.1.